The van der Waals surface area contributed by atoms with Crippen LogP contribution in [-0.4, -0.2) is 28.8 Å². The lowest BCUT2D eigenvalue weighted by molar-refractivity contribution is 0.0953. The van der Waals surface area contributed by atoms with Crippen LogP contribution in [-0.2, 0) is 6.42 Å². The minimum absolute atomic E-state index is 0.199. The molecule has 0 aliphatic heterocycles. The molecule has 5 nitrogen and oxygen atoms in total. The van der Waals surface area contributed by atoms with Crippen LogP contribution in [0.4, 0.5) is 4.39 Å². The predicted octanol–water partition coefficient (Wildman–Crippen LogP) is 5.12. The van der Waals surface area contributed by atoms with Crippen LogP contribution in [0.3, 0.4) is 0 Å². The smallest absolute Gasteiger partial charge is 0.256 e. The molecule has 0 bridgehead atoms. The zero-order valence-corrected chi connectivity index (χ0v) is 17.9. The first-order chi connectivity index (χ1) is 14.5. The van der Waals surface area contributed by atoms with Gasteiger partial charge in [-0.2, -0.15) is 5.10 Å². The third-order valence-electron chi connectivity index (χ3n) is 4.69. The van der Waals surface area contributed by atoms with Gasteiger partial charge < -0.3 is 10.1 Å². The average Bonchev–Trinajstić information content (AvgIpc) is 3.04. The third kappa shape index (κ3) is 5.39. The van der Waals surface area contributed by atoms with Crippen molar-refractivity contribution in [3.8, 4) is 11.4 Å². The van der Waals surface area contributed by atoms with Crippen LogP contribution in [0.2, 0.25) is 5.15 Å². The van der Waals surface area contributed by atoms with Crippen LogP contribution in [0.25, 0.3) is 5.69 Å². The first-order valence-electron chi connectivity index (χ1n) is 10.0. The second-order valence-electron chi connectivity index (χ2n) is 6.99. The van der Waals surface area contributed by atoms with E-state index < -0.39 is 0 Å². The Morgan fingerprint density at radius 3 is 2.53 bits per heavy atom. The third-order valence-corrected chi connectivity index (χ3v) is 5.04. The van der Waals surface area contributed by atoms with Gasteiger partial charge in [0.05, 0.1) is 23.6 Å². The van der Waals surface area contributed by atoms with E-state index in [1.807, 2.05) is 24.3 Å². The number of ether oxygens (including phenoxy) is 1. The number of aromatic nitrogens is 2. The van der Waals surface area contributed by atoms with Crippen LogP contribution in [0.5, 0.6) is 5.75 Å². The summed E-state index contributed by atoms with van der Waals surface area (Å²) in [6, 6.07) is 13.7. The number of halogens is 2. The minimum atomic E-state index is -0.350. The Morgan fingerprint density at radius 1 is 1.17 bits per heavy atom. The Bertz CT molecular complexity index is 985. The Hall–Kier alpha value is -2.86. The fourth-order valence-electron chi connectivity index (χ4n) is 3.01. The summed E-state index contributed by atoms with van der Waals surface area (Å²) >= 11 is 6.40. The van der Waals surface area contributed by atoms with Crippen molar-refractivity contribution in [1.29, 1.82) is 0 Å². The number of benzene rings is 2. The number of nitrogens with one attached hydrogen (secondary N) is 1. The van der Waals surface area contributed by atoms with Crippen molar-refractivity contribution in [3.63, 3.8) is 0 Å². The Morgan fingerprint density at radius 2 is 1.87 bits per heavy atom. The van der Waals surface area contributed by atoms with Crippen LogP contribution in [0.1, 0.15) is 41.4 Å². The van der Waals surface area contributed by atoms with Crippen LogP contribution in [0, 0.1) is 12.7 Å². The molecule has 3 rings (SSSR count). The lowest BCUT2D eigenvalue weighted by Crippen LogP contribution is -2.26. The lowest BCUT2D eigenvalue weighted by atomic mass is 10.1. The number of rotatable bonds is 9. The maximum absolute atomic E-state index is 13.2. The van der Waals surface area contributed by atoms with Crippen molar-refractivity contribution in [1.82, 2.24) is 15.1 Å². The van der Waals surface area contributed by atoms with E-state index in [-0.39, 0.29) is 16.9 Å². The van der Waals surface area contributed by atoms with Crippen molar-refractivity contribution in [3.05, 3.63) is 76.3 Å². The highest BCUT2D eigenvalue weighted by molar-refractivity contribution is 6.33. The largest absolute Gasteiger partial charge is 0.494 e. The molecule has 1 heterocycles. The van der Waals surface area contributed by atoms with Crippen LogP contribution < -0.4 is 10.1 Å². The average molecular weight is 430 g/mol. The van der Waals surface area contributed by atoms with E-state index in [0.29, 0.717) is 29.9 Å². The van der Waals surface area contributed by atoms with E-state index in [9.17, 15) is 9.18 Å². The van der Waals surface area contributed by atoms with Crippen LogP contribution >= 0.6 is 11.6 Å². The summed E-state index contributed by atoms with van der Waals surface area (Å²) in [6.07, 6.45) is 2.82. The number of hydrogen-bond acceptors (Lipinski definition) is 3. The number of nitrogens with zero attached hydrogens (tertiary/aromatic N) is 2. The molecule has 2 aromatic carbocycles. The van der Waals surface area contributed by atoms with Crippen molar-refractivity contribution in [2.45, 2.75) is 33.1 Å². The molecule has 3 aromatic rings. The Balaban J connectivity index is 1.58. The first-order valence-corrected chi connectivity index (χ1v) is 10.4. The lowest BCUT2D eigenvalue weighted by Gasteiger charge is -2.08. The monoisotopic (exact) mass is 429 g/mol. The molecule has 1 N–H and O–H groups in total. The Kier molecular flexibility index (Phi) is 7.46. The van der Waals surface area contributed by atoms with Crippen molar-refractivity contribution < 1.29 is 13.9 Å². The van der Waals surface area contributed by atoms with Gasteiger partial charge in [0, 0.05) is 6.54 Å². The molecule has 0 unspecified atom stereocenters. The van der Waals surface area contributed by atoms with E-state index in [0.717, 1.165) is 30.8 Å². The van der Waals surface area contributed by atoms with Gasteiger partial charge in [-0.15, -0.1) is 0 Å². The van der Waals surface area contributed by atoms with Gasteiger partial charge in [-0.25, -0.2) is 9.07 Å². The molecular weight excluding hydrogens is 405 g/mol. The molecule has 0 spiro atoms. The summed E-state index contributed by atoms with van der Waals surface area (Å²) < 4.78 is 20.2. The summed E-state index contributed by atoms with van der Waals surface area (Å²) in [7, 11) is 0. The summed E-state index contributed by atoms with van der Waals surface area (Å²) in [4.78, 5) is 12.6. The molecule has 1 aromatic heterocycles. The van der Waals surface area contributed by atoms with E-state index in [4.69, 9.17) is 16.3 Å². The van der Waals surface area contributed by atoms with E-state index in [1.165, 1.54) is 16.8 Å². The summed E-state index contributed by atoms with van der Waals surface area (Å²) in [6.45, 7) is 5.03. The number of amides is 1. The van der Waals surface area contributed by atoms with Crippen molar-refractivity contribution >= 4 is 17.5 Å². The van der Waals surface area contributed by atoms with Crippen molar-refractivity contribution in [2.75, 3.05) is 13.2 Å². The quantitative estimate of drug-likeness (QED) is 0.480. The van der Waals surface area contributed by atoms with E-state index >= 15 is 0 Å². The fraction of sp³-hybridized carbons (Fsp3) is 0.304. The molecule has 0 fully saturated rings. The van der Waals surface area contributed by atoms with Gasteiger partial charge in [0.25, 0.3) is 5.91 Å². The topological polar surface area (TPSA) is 56.1 Å². The second-order valence-corrected chi connectivity index (χ2v) is 7.35. The number of carbonyl (C=O) groups excluding carboxylic acids is 1. The zero-order valence-electron chi connectivity index (χ0n) is 17.1. The number of hydrogen-bond donors (Lipinski definition) is 1. The van der Waals surface area contributed by atoms with Crippen LogP contribution in [0.15, 0.2) is 48.5 Å². The van der Waals surface area contributed by atoms with Gasteiger partial charge in [0.2, 0.25) is 0 Å². The molecule has 0 atom stereocenters. The van der Waals surface area contributed by atoms with Gasteiger partial charge >= 0.3 is 0 Å². The highest BCUT2D eigenvalue weighted by atomic mass is 35.5. The second kappa shape index (κ2) is 10.3. The zero-order chi connectivity index (χ0) is 21.5. The Labute approximate surface area is 180 Å². The highest BCUT2D eigenvalue weighted by Crippen LogP contribution is 2.23. The molecular formula is C23H25ClFN3O2. The predicted molar refractivity (Wildman–Crippen MR) is 116 cm³/mol. The van der Waals surface area contributed by atoms with E-state index in [2.05, 4.69) is 17.3 Å². The molecule has 7 heteroatoms. The van der Waals surface area contributed by atoms with Gasteiger partial charge in [-0.05, 0) is 61.7 Å². The highest BCUT2D eigenvalue weighted by Gasteiger charge is 2.20. The molecule has 0 saturated heterocycles. The molecule has 0 aliphatic rings. The maximum atomic E-state index is 13.2. The standard InChI is InChI=1S/C23H25ClFN3O2/c1-3-4-15-30-20-11-5-17(6-12-20)13-14-26-23(29)21-16(2)27-28(22(21)24)19-9-7-18(25)8-10-19/h5-12H,3-4,13-15H2,1-2H3,(H,26,29). The summed E-state index contributed by atoms with van der Waals surface area (Å²) in [5, 5.41) is 7.42. The van der Waals surface area contributed by atoms with Gasteiger partial charge in [-0.3, -0.25) is 4.79 Å². The summed E-state index contributed by atoms with van der Waals surface area (Å²) in [5.74, 6) is 0.217. The van der Waals surface area contributed by atoms with Gasteiger partial charge in [0.15, 0.2) is 0 Å². The molecule has 0 saturated carbocycles. The van der Waals surface area contributed by atoms with Gasteiger partial charge in [-0.1, -0.05) is 37.1 Å². The molecule has 0 aliphatic carbocycles. The van der Waals surface area contributed by atoms with Gasteiger partial charge in [0.1, 0.15) is 16.7 Å². The normalized spacial score (nSPS) is 10.8. The SMILES string of the molecule is CCCCOc1ccc(CCNC(=O)c2c(C)nn(-c3ccc(F)cc3)c2Cl)cc1. The number of unbranched alkanes of at least 4 members (excludes halogenated alkanes) is 1. The van der Waals surface area contributed by atoms with E-state index in [1.54, 1.807) is 19.1 Å². The maximum Gasteiger partial charge on any atom is 0.256 e. The summed E-state index contributed by atoms with van der Waals surface area (Å²) in [5.41, 5.74) is 2.52. The molecule has 158 valence electrons. The molecule has 1 amide bonds. The fourth-order valence-corrected chi connectivity index (χ4v) is 3.36. The number of carbonyl (C=O) groups is 1. The number of aryl methyl sites for hydroxylation is 1. The minimum Gasteiger partial charge on any atom is -0.494 e. The molecule has 30 heavy (non-hydrogen) atoms. The molecule has 0 radical (unpaired) electrons. The first kappa shape index (κ1) is 21.8. The van der Waals surface area contributed by atoms with Crippen molar-refractivity contribution in [2.24, 2.45) is 0 Å².